The molecule has 2 aromatic carbocycles. The minimum absolute atomic E-state index is 0.0154. The van der Waals surface area contributed by atoms with E-state index in [2.05, 4.69) is 31.5 Å². The van der Waals surface area contributed by atoms with Crippen LogP contribution in [0.25, 0.3) is 22.0 Å². The van der Waals surface area contributed by atoms with E-state index < -0.39 is 5.91 Å². The lowest BCUT2D eigenvalue weighted by atomic mass is 10.0. The molecule has 0 saturated carbocycles. The maximum Gasteiger partial charge on any atom is 0.286 e. The summed E-state index contributed by atoms with van der Waals surface area (Å²) in [5, 5.41) is 0.828. The lowest BCUT2D eigenvalue weighted by Gasteiger charge is -2.33. The van der Waals surface area contributed by atoms with Gasteiger partial charge in [0.25, 0.3) is 11.5 Å². The molecule has 0 aliphatic carbocycles. The number of carbonyl (C=O) groups excluding carboxylic acids is 1. The molecule has 1 saturated heterocycles. The fourth-order valence-electron chi connectivity index (χ4n) is 5.55. The highest BCUT2D eigenvalue weighted by Gasteiger charge is 2.21. The third-order valence-corrected chi connectivity index (χ3v) is 8.57. The number of hydrogen-bond acceptors (Lipinski definition) is 10. The number of amides is 1. The molecule has 13 heteroatoms. The number of aromatic nitrogens is 4. The maximum absolute atomic E-state index is 12.7. The SMILES string of the molecule is CCSNc1ccc(Oc2cccc(OCCOC3CCN(c4cnc(C(N)=O)nc4)CC3)c2)c(-c2cn(C)c(=O)c3[nH]ccc23)c1. The lowest BCUT2D eigenvalue weighted by Crippen LogP contribution is -2.37. The first-order valence-electron chi connectivity index (χ1n) is 15.5. The van der Waals surface area contributed by atoms with E-state index in [1.807, 2.05) is 54.7 Å². The highest BCUT2D eigenvalue weighted by atomic mass is 32.2. The first-order valence-corrected chi connectivity index (χ1v) is 16.5. The van der Waals surface area contributed by atoms with E-state index in [0.717, 1.165) is 59.6 Å². The Kier molecular flexibility index (Phi) is 9.93. The van der Waals surface area contributed by atoms with E-state index >= 15 is 0 Å². The Morgan fingerprint density at radius 1 is 1.06 bits per heavy atom. The minimum Gasteiger partial charge on any atom is -0.491 e. The zero-order chi connectivity index (χ0) is 32.8. The zero-order valence-corrected chi connectivity index (χ0v) is 27.1. The molecule has 0 atom stereocenters. The molecule has 1 fully saturated rings. The highest BCUT2D eigenvalue weighted by molar-refractivity contribution is 8.00. The molecular weight excluding hydrogens is 618 g/mol. The number of benzene rings is 2. The quantitative estimate of drug-likeness (QED) is 0.112. The molecule has 12 nitrogen and oxygen atoms in total. The molecule has 0 bridgehead atoms. The Hall–Kier alpha value is -5.01. The molecule has 5 aromatic rings. The number of primary amides is 1. The molecule has 0 unspecified atom stereocenters. The van der Waals surface area contributed by atoms with Gasteiger partial charge in [0.2, 0.25) is 5.82 Å². The summed E-state index contributed by atoms with van der Waals surface area (Å²) < 4.78 is 23.5. The van der Waals surface area contributed by atoms with Crippen molar-refractivity contribution in [1.29, 1.82) is 0 Å². The van der Waals surface area contributed by atoms with Crippen LogP contribution in [-0.2, 0) is 11.8 Å². The molecule has 0 spiro atoms. The van der Waals surface area contributed by atoms with Crippen molar-refractivity contribution in [1.82, 2.24) is 19.5 Å². The number of carbonyl (C=O) groups is 1. The first-order chi connectivity index (χ1) is 22.9. The number of ether oxygens (including phenoxy) is 3. The van der Waals surface area contributed by atoms with Crippen LogP contribution in [0.1, 0.15) is 30.4 Å². The summed E-state index contributed by atoms with van der Waals surface area (Å²) in [6.07, 6.45) is 8.74. The number of aromatic amines is 1. The molecule has 244 valence electrons. The third kappa shape index (κ3) is 7.53. The van der Waals surface area contributed by atoms with Crippen molar-refractivity contribution in [2.45, 2.75) is 25.9 Å². The number of rotatable bonds is 13. The second kappa shape index (κ2) is 14.6. The summed E-state index contributed by atoms with van der Waals surface area (Å²) in [4.78, 5) is 37.3. The number of hydrogen-bond donors (Lipinski definition) is 3. The summed E-state index contributed by atoms with van der Waals surface area (Å²) in [6.45, 7) is 4.55. The topological polar surface area (TPSA) is 150 Å². The van der Waals surface area contributed by atoms with Crippen molar-refractivity contribution >= 4 is 40.1 Å². The van der Waals surface area contributed by atoms with Crippen LogP contribution in [0.15, 0.2) is 78.1 Å². The minimum atomic E-state index is -0.639. The van der Waals surface area contributed by atoms with Gasteiger partial charge in [-0.05, 0) is 49.2 Å². The second-order valence-electron chi connectivity index (χ2n) is 11.1. The molecule has 47 heavy (non-hydrogen) atoms. The Balaban J connectivity index is 1.07. The summed E-state index contributed by atoms with van der Waals surface area (Å²) in [5.74, 6) is 2.25. The third-order valence-electron chi connectivity index (χ3n) is 7.90. The van der Waals surface area contributed by atoms with Gasteiger partial charge >= 0.3 is 0 Å². The summed E-state index contributed by atoms with van der Waals surface area (Å²) in [5.41, 5.74) is 9.23. The van der Waals surface area contributed by atoms with E-state index in [0.29, 0.717) is 36.0 Å². The predicted molar refractivity (Wildman–Crippen MR) is 184 cm³/mol. The number of nitrogens with zero attached hydrogens (tertiary/aromatic N) is 4. The zero-order valence-electron chi connectivity index (χ0n) is 26.3. The van der Waals surface area contributed by atoms with Gasteiger partial charge in [0.1, 0.15) is 29.4 Å². The highest BCUT2D eigenvalue weighted by Crippen LogP contribution is 2.39. The molecule has 3 aromatic heterocycles. The van der Waals surface area contributed by atoms with Crippen LogP contribution < -0.4 is 30.4 Å². The van der Waals surface area contributed by atoms with Gasteiger partial charge in [-0.2, -0.15) is 0 Å². The number of nitrogens with one attached hydrogen (secondary N) is 2. The van der Waals surface area contributed by atoms with E-state index in [4.69, 9.17) is 19.9 Å². The number of H-pyrrole nitrogens is 1. The van der Waals surface area contributed by atoms with E-state index in [1.165, 1.54) is 0 Å². The standard InChI is InChI=1S/C34H37N7O5S/c1-3-47-39-22-7-8-30(28(17-22)29-21-40(2)34(43)31-27(29)9-12-36-31)46-26-6-4-5-25(18-26)45-16-15-44-24-10-13-41(14-11-24)23-19-37-33(32(35)42)38-20-23/h4-9,12,17-21,24,36,39H,3,10-11,13-16H2,1-2H3,(H2,35,42). The summed E-state index contributed by atoms with van der Waals surface area (Å²) >= 11 is 1.61. The van der Waals surface area contributed by atoms with Crippen LogP contribution in [0.3, 0.4) is 0 Å². The van der Waals surface area contributed by atoms with Crippen LogP contribution in [0.4, 0.5) is 11.4 Å². The van der Waals surface area contributed by atoms with Crippen LogP contribution >= 0.6 is 11.9 Å². The number of fused-ring (bicyclic) bond motifs is 1. The number of anilines is 2. The van der Waals surface area contributed by atoms with Gasteiger partial charge in [-0.15, -0.1) is 0 Å². The van der Waals surface area contributed by atoms with E-state index in [9.17, 15) is 9.59 Å². The molecule has 0 radical (unpaired) electrons. The number of aryl methyl sites for hydroxylation is 1. The molecule has 1 amide bonds. The number of pyridine rings is 1. The molecule has 1 aliphatic heterocycles. The molecule has 6 rings (SSSR count). The normalized spacial score (nSPS) is 13.5. The van der Waals surface area contributed by atoms with Crippen LogP contribution in [0, 0.1) is 0 Å². The summed E-state index contributed by atoms with van der Waals surface area (Å²) in [6, 6.07) is 15.4. The first kappa shape index (κ1) is 32.0. The van der Waals surface area contributed by atoms with Gasteiger partial charge in [-0.25, -0.2) is 9.97 Å². The average molecular weight is 656 g/mol. The van der Waals surface area contributed by atoms with Gasteiger partial charge in [-0.3, -0.25) is 9.59 Å². The van der Waals surface area contributed by atoms with E-state index in [-0.39, 0.29) is 17.5 Å². The second-order valence-corrected chi connectivity index (χ2v) is 12.2. The molecular formula is C34H37N7O5S. The van der Waals surface area contributed by atoms with Crippen molar-refractivity contribution in [3.05, 3.63) is 89.5 Å². The van der Waals surface area contributed by atoms with Crippen LogP contribution in [-0.4, -0.2) is 63.6 Å². The van der Waals surface area contributed by atoms with Crippen molar-refractivity contribution < 1.29 is 19.0 Å². The Bertz CT molecular complexity index is 1900. The van der Waals surface area contributed by atoms with E-state index in [1.54, 1.807) is 42.2 Å². The summed E-state index contributed by atoms with van der Waals surface area (Å²) in [7, 11) is 1.75. The van der Waals surface area contributed by atoms with Gasteiger partial charge < -0.3 is 39.1 Å². The molecule has 1 aliphatic rings. The van der Waals surface area contributed by atoms with Crippen molar-refractivity contribution in [2.75, 3.05) is 41.7 Å². The molecule has 4 N–H and O–H groups in total. The Morgan fingerprint density at radius 2 is 1.85 bits per heavy atom. The van der Waals surface area contributed by atoms with Crippen molar-refractivity contribution in [2.24, 2.45) is 12.8 Å². The average Bonchev–Trinajstić information content (AvgIpc) is 3.59. The fourth-order valence-corrected chi connectivity index (χ4v) is 5.99. The largest absolute Gasteiger partial charge is 0.491 e. The number of piperidine rings is 1. The Labute approximate surface area is 276 Å². The van der Waals surface area contributed by atoms with Crippen molar-refractivity contribution in [3.63, 3.8) is 0 Å². The number of nitrogens with two attached hydrogens (primary N) is 1. The van der Waals surface area contributed by atoms with Gasteiger partial charge in [0.15, 0.2) is 0 Å². The smallest absolute Gasteiger partial charge is 0.286 e. The fraction of sp³-hybridized carbons (Fsp3) is 0.294. The predicted octanol–water partition coefficient (Wildman–Crippen LogP) is 5.36. The molecule has 4 heterocycles. The van der Waals surface area contributed by atoms with Gasteiger partial charge in [-0.1, -0.05) is 24.9 Å². The van der Waals surface area contributed by atoms with Gasteiger partial charge in [0, 0.05) is 66.6 Å². The van der Waals surface area contributed by atoms with Crippen LogP contribution in [0.5, 0.6) is 17.2 Å². The van der Waals surface area contributed by atoms with Crippen LogP contribution in [0.2, 0.25) is 0 Å². The maximum atomic E-state index is 12.7. The van der Waals surface area contributed by atoms with Crippen molar-refractivity contribution in [3.8, 4) is 28.4 Å². The monoisotopic (exact) mass is 655 g/mol. The lowest BCUT2D eigenvalue weighted by molar-refractivity contribution is 0.0202. The Morgan fingerprint density at radius 3 is 2.62 bits per heavy atom. The van der Waals surface area contributed by atoms with Gasteiger partial charge in [0.05, 0.1) is 30.8 Å².